The van der Waals surface area contributed by atoms with E-state index in [4.69, 9.17) is 16.7 Å². The predicted molar refractivity (Wildman–Crippen MR) is 152 cm³/mol. The molecule has 0 spiro atoms. The minimum absolute atomic E-state index is 0.00761. The molecule has 0 amide bonds. The average Bonchev–Trinajstić information content (AvgIpc) is 3.35. The summed E-state index contributed by atoms with van der Waals surface area (Å²) >= 11 is 5.92. The van der Waals surface area contributed by atoms with Crippen LogP contribution in [0.1, 0.15) is 17.8 Å². The van der Waals surface area contributed by atoms with E-state index in [-0.39, 0.29) is 5.02 Å². The lowest BCUT2D eigenvalue weighted by molar-refractivity contribution is -0.131. The maximum absolute atomic E-state index is 13.6. The predicted octanol–water partition coefficient (Wildman–Crippen LogP) is 6.70. The molecule has 8 nitrogen and oxygen atoms in total. The summed E-state index contributed by atoms with van der Waals surface area (Å²) in [6.45, 7) is 0.613. The van der Waals surface area contributed by atoms with Crippen molar-refractivity contribution in [3.63, 3.8) is 0 Å². The molecule has 0 aliphatic heterocycles. The molecule has 2 heterocycles. The highest BCUT2D eigenvalue weighted by molar-refractivity contribution is 6.31. The molecule has 0 unspecified atom stereocenters. The third kappa shape index (κ3) is 6.58. The highest BCUT2D eigenvalue weighted by Crippen LogP contribution is 2.29. The van der Waals surface area contributed by atoms with Crippen molar-refractivity contribution >= 4 is 52.1 Å². The Morgan fingerprint density at radius 3 is 2.77 bits per heavy atom. The maximum Gasteiger partial charge on any atom is 0.328 e. The van der Waals surface area contributed by atoms with Gasteiger partial charge in [0.25, 0.3) is 0 Å². The van der Waals surface area contributed by atoms with Crippen molar-refractivity contribution in [2.45, 2.75) is 12.8 Å². The van der Waals surface area contributed by atoms with Gasteiger partial charge in [-0.05, 0) is 60.0 Å². The third-order valence-electron chi connectivity index (χ3n) is 5.90. The Kier molecular flexibility index (Phi) is 7.79. The van der Waals surface area contributed by atoms with Gasteiger partial charge in [0.2, 0.25) is 5.95 Å². The molecule has 0 fully saturated rings. The van der Waals surface area contributed by atoms with Gasteiger partial charge in [0, 0.05) is 36.5 Å². The first kappa shape index (κ1) is 25.9. The van der Waals surface area contributed by atoms with Crippen LogP contribution in [0.4, 0.5) is 21.8 Å². The van der Waals surface area contributed by atoms with Gasteiger partial charge in [-0.25, -0.2) is 19.2 Å². The van der Waals surface area contributed by atoms with E-state index in [1.807, 2.05) is 48.5 Å². The van der Waals surface area contributed by atoms with Crippen LogP contribution < -0.4 is 10.6 Å². The summed E-state index contributed by atoms with van der Waals surface area (Å²) in [5.41, 5.74) is 4.78. The molecule has 3 aromatic carbocycles. The number of hydrogen-bond donors (Lipinski definition) is 4. The summed E-state index contributed by atoms with van der Waals surface area (Å²) in [6.07, 6.45) is 5.84. The van der Waals surface area contributed by atoms with Crippen molar-refractivity contribution in [1.82, 2.24) is 19.9 Å². The number of imidazole rings is 1. The zero-order valence-corrected chi connectivity index (χ0v) is 21.4. The number of carboxylic acids is 1. The lowest BCUT2D eigenvalue weighted by atomic mass is 10.0. The third-order valence-corrected chi connectivity index (χ3v) is 6.19. The Labute approximate surface area is 228 Å². The highest BCUT2D eigenvalue weighted by atomic mass is 35.5. The molecule has 0 radical (unpaired) electrons. The Morgan fingerprint density at radius 1 is 1.08 bits per heavy atom. The number of aliphatic carboxylic acids is 1. The lowest BCUT2D eigenvalue weighted by Crippen LogP contribution is -2.09. The average molecular weight is 543 g/mol. The number of hydrogen-bond acceptors (Lipinski definition) is 6. The minimum Gasteiger partial charge on any atom is -0.478 e. The van der Waals surface area contributed by atoms with Gasteiger partial charge in [-0.2, -0.15) is 4.98 Å². The summed E-state index contributed by atoms with van der Waals surface area (Å²) in [6, 6.07) is 19.6. The summed E-state index contributed by atoms with van der Waals surface area (Å²) in [5.74, 6) is 0.274. The fourth-order valence-corrected chi connectivity index (χ4v) is 4.24. The molecule has 5 rings (SSSR count). The smallest absolute Gasteiger partial charge is 0.328 e. The number of H-pyrrole nitrogens is 1. The first-order valence-electron chi connectivity index (χ1n) is 12.2. The molecule has 39 heavy (non-hydrogen) atoms. The molecule has 0 bridgehead atoms. The first-order chi connectivity index (χ1) is 18.9. The molecule has 0 saturated carbocycles. The van der Waals surface area contributed by atoms with Crippen molar-refractivity contribution in [3.05, 3.63) is 101 Å². The van der Waals surface area contributed by atoms with E-state index < -0.39 is 11.8 Å². The number of nitrogens with zero attached hydrogens (tertiary/aromatic N) is 3. The maximum atomic E-state index is 13.6. The molecular formula is C29H24ClFN6O2. The normalized spacial score (nSPS) is 11.2. The number of carboxylic acid groups (broad SMARTS) is 1. The molecule has 0 aliphatic rings. The van der Waals surface area contributed by atoms with Gasteiger partial charge < -0.3 is 20.7 Å². The molecule has 0 saturated heterocycles. The molecule has 196 valence electrons. The van der Waals surface area contributed by atoms with Gasteiger partial charge in [-0.1, -0.05) is 41.9 Å². The van der Waals surface area contributed by atoms with Gasteiger partial charge in [0.05, 0.1) is 16.1 Å². The Bertz CT molecular complexity index is 1640. The van der Waals surface area contributed by atoms with E-state index in [0.29, 0.717) is 24.0 Å². The number of carbonyl (C=O) groups is 1. The van der Waals surface area contributed by atoms with Crippen molar-refractivity contribution in [1.29, 1.82) is 0 Å². The van der Waals surface area contributed by atoms with Crippen LogP contribution in [0.2, 0.25) is 5.02 Å². The van der Waals surface area contributed by atoms with Crippen molar-refractivity contribution in [2.24, 2.45) is 0 Å². The van der Waals surface area contributed by atoms with Crippen LogP contribution in [-0.4, -0.2) is 37.6 Å². The number of benzene rings is 3. The lowest BCUT2D eigenvalue weighted by Gasteiger charge is -2.14. The van der Waals surface area contributed by atoms with Crippen molar-refractivity contribution in [3.8, 4) is 11.1 Å². The van der Waals surface area contributed by atoms with Crippen LogP contribution in [0, 0.1) is 5.82 Å². The number of nitrogens with one attached hydrogen (secondary N) is 3. The number of aromatic amines is 1. The second-order valence-electron chi connectivity index (χ2n) is 8.74. The summed E-state index contributed by atoms with van der Waals surface area (Å²) in [7, 11) is 0. The summed E-state index contributed by atoms with van der Waals surface area (Å²) < 4.78 is 13.6. The summed E-state index contributed by atoms with van der Waals surface area (Å²) in [5, 5.41) is 15.4. The van der Waals surface area contributed by atoms with E-state index in [1.54, 1.807) is 12.3 Å². The van der Waals surface area contributed by atoms with Crippen LogP contribution in [0.5, 0.6) is 0 Å². The largest absolute Gasteiger partial charge is 0.478 e. The molecule has 0 aliphatic carbocycles. The van der Waals surface area contributed by atoms with Crippen LogP contribution in [0.25, 0.3) is 28.2 Å². The quantitative estimate of drug-likeness (QED) is 0.115. The van der Waals surface area contributed by atoms with Crippen LogP contribution in [0.15, 0.2) is 79.0 Å². The minimum atomic E-state index is -1.02. The standard InChI is InChI=1S/C29H24ClFN6O2/c30-22-16-20(11-12-23(22)31)34-29-33-17-21(19-6-3-5-18(15-19)10-13-27(38)39)28(37-29)32-14-4-9-26-35-24-7-1-2-8-25(24)36-26/h1-3,5-8,10-13,15-17H,4,9,14H2,(H,35,36)(H,38,39)(H2,32,33,34,37). The number of aryl methyl sites for hydroxylation is 1. The molecule has 0 atom stereocenters. The monoisotopic (exact) mass is 542 g/mol. The number of fused-ring (bicyclic) bond motifs is 1. The van der Waals surface area contributed by atoms with E-state index in [2.05, 4.69) is 30.6 Å². The number of halogens is 2. The molecule has 4 N–H and O–H groups in total. The topological polar surface area (TPSA) is 116 Å². The van der Waals surface area contributed by atoms with Crippen LogP contribution in [-0.2, 0) is 11.2 Å². The molecular weight excluding hydrogens is 519 g/mol. The zero-order chi connectivity index (χ0) is 27.2. The van der Waals surface area contributed by atoms with Gasteiger partial charge in [-0.3, -0.25) is 0 Å². The zero-order valence-electron chi connectivity index (χ0n) is 20.7. The second kappa shape index (κ2) is 11.7. The van der Waals surface area contributed by atoms with Gasteiger partial charge in [0.1, 0.15) is 17.5 Å². The van der Waals surface area contributed by atoms with Crippen molar-refractivity contribution in [2.75, 3.05) is 17.2 Å². The Hall–Kier alpha value is -4.76. The fourth-order valence-electron chi connectivity index (χ4n) is 4.06. The van der Waals surface area contributed by atoms with Crippen LogP contribution >= 0.6 is 11.6 Å². The van der Waals surface area contributed by atoms with Gasteiger partial charge in [0.15, 0.2) is 0 Å². The molecule has 10 heteroatoms. The number of rotatable bonds is 10. The number of para-hydroxylation sites is 2. The fraction of sp³-hybridized carbons (Fsp3) is 0.103. The first-order valence-corrected chi connectivity index (χ1v) is 12.6. The molecule has 5 aromatic rings. The van der Waals surface area contributed by atoms with E-state index in [0.717, 1.165) is 52.5 Å². The molecule has 2 aromatic heterocycles. The van der Waals surface area contributed by atoms with Gasteiger partial charge >= 0.3 is 5.97 Å². The Morgan fingerprint density at radius 2 is 1.95 bits per heavy atom. The number of aromatic nitrogens is 4. The Balaban J connectivity index is 1.37. The van der Waals surface area contributed by atoms with E-state index >= 15 is 0 Å². The summed E-state index contributed by atoms with van der Waals surface area (Å²) in [4.78, 5) is 28.0. The van der Waals surface area contributed by atoms with Crippen molar-refractivity contribution < 1.29 is 14.3 Å². The number of anilines is 3. The second-order valence-corrected chi connectivity index (χ2v) is 9.14. The van der Waals surface area contributed by atoms with E-state index in [1.165, 1.54) is 18.2 Å². The van der Waals surface area contributed by atoms with E-state index in [9.17, 15) is 9.18 Å². The van der Waals surface area contributed by atoms with Crippen LogP contribution in [0.3, 0.4) is 0 Å². The highest BCUT2D eigenvalue weighted by Gasteiger charge is 2.12. The SMILES string of the molecule is O=C(O)C=Cc1cccc(-c2cnc(Nc3ccc(F)c(Cl)c3)nc2NCCCc2nc3ccccc3[nH]2)c1. The van der Waals surface area contributed by atoms with Gasteiger partial charge in [-0.15, -0.1) is 0 Å².